The van der Waals surface area contributed by atoms with Crippen LogP contribution in [0.1, 0.15) is 17.7 Å². The second-order valence-corrected chi connectivity index (χ2v) is 3.02. The molecular weight excluding hydrogens is 192 g/mol. The molecule has 0 saturated carbocycles. The molecule has 1 rings (SSSR count). The first kappa shape index (κ1) is 11.1. The maximum absolute atomic E-state index is 10.5. The van der Waals surface area contributed by atoms with E-state index in [1.807, 2.05) is 12.1 Å². The van der Waals surface area contributed by atoms with Crippen LogP contribution in [0.2, 0.25) is 0 Å². The number of nitriles is 1. The first-order chi connectivity index (χ1) is 7.24. The van der Waals surface area contributed by atoms with Crippen molar-refractivity contribution < 1.29 is 4.79 Å². The van der Waals surface area contributed by atoms with Crippen molar-refractivity contribution >= 4 is 5.91 Å². The Balaban J connectivity index is 2.44. The van der Waals surface area contributed by atoms with Gasteiger partial charge in [-0.25, -0.2) is 4.98 Å². The van der Waals surface area contributed by atoms with E-state index in [1.165, 1.54) is 0 Å². The van der Waals surface area contributed by atoms with Crippen LogP contribution in [0.4, 0.5) is 0 Å². The van der Waals surface area contributed by atoms with Gasteiger partial charge in [-0.15, -0.1) is 0 Å². The van der Waals surface area contributed by atoms with Crippen LogP contribution in [-0.2, 0) is 11.3 Å². The zero-order valence-corrected chi connectivity index (χ0v) is 8.23. The Morgan fingerprint density at radius 2 is 2.47 bits per heavy atom. The number of hydrogen-bond donors (Lipinski definition) is 2. The van der Waals surface area contributed by atoms with Crippen molar-refractivity contribution in [3.05, 3.63) is 29.6 Å². The number of nitrogens with two attached hydrogens (primary N) is 1. The minimum absolute atomic E-state index is 0.294. The molecule has 15 heavy (non-hydrogen) atoms. The molecule has 0 radical (unpaired) electrons. The van der Waals surface area contributed by atoms with E-state index < -0.39 is 0 Å². The summed E-state index contributed by atoms with van der Waals surface area (Å²) in [7, 11) is 0. The topological polar surface area (TPSA) is 91.8 Å². The van der Waals surface area contributed by atoms with Crippen molar-refractivity contribution in [3.63, 3.8) is 0 Å². The first-order valence-electron chi connectivity index (χ1n) is 4.57. The van der Waals surface area contributed by atoms with Crippen LogP contribution in [0.25, 0.3) is 0 Å². The zero-order valence-electron chi connectivity index (χ0n) is 8.23. The number of primary amides is 1. The molecule has 0 aliphatic rings. The molecule has 1 heterocycles. The Kier molecular flexibility index (Phi) is 4.26. The summed E-state index contributed by atoms with van der Waals surface area (Å²) in [6, 6.07) is 5.59. The van der Waals surface area contributed by atoms with Crippen molar-refractivity contribution in [3.8, 4) is 6.07 Å². The van der Waals surface area contributed by atoms with Gasteiger partial charge < -0.3 is 11.1 Å². The van der Waals surface area contributed by atoms with Gasteiger partial charge in [0.1, 0.15) is 11.8 Å². The Labute approximate surface area is 87.9 Å². The van der Waals surface area contributed by atoms with E-state index in [0.717, 1.165) is 5.56 Å². The number of nitrogens with one attached hydrogen (secondary N) is 1. The Morgan fingerprint density at radius 3 is 3.13 bits per heavy atom. The number of carbonyl (C=O) groups excluding carboxylic acids is 1. The van der Waals surface area contributed by atoms with Crippen LogP contribution in [0.3, 0.4) is 0 Å². The summed E-state index contributed by atoms with van der Waals surface area (Å²) >= 11 is 0. The molecule has 0 saturated heterocycles. The summed E-state index contributed by atoms with van der Waals surface area (Å²) in [5.41, 5.74) is 6.21. The van der Waals surface area contributed by atoms with Crippen LogP contribution in [-0.4, -0.2) is 17.4 Å². The summed E-state index contributed by atoms with van der Waals surface area (Å²) in [5, 5.41) is 11.8. The predicted molar refractivity (Wildman–Crippen MR) is 54.5 cm³/mol. The van der Waals surface area contributed by atoms with Crippen molar-refractivity contribution in [1.82, 2.24) is 10.3 Å². The lowest BCUT2D eigenvalue weighted by atomic mass is 10.2. The van der Waals surface area contributed by atoms with Gasteiger partial charge >= 0.3 is 0 Å². The molecule has 0 aliphatic carbocycles. The van der Waals surface area contributed by atoms with Crippen LogP contribution >= 0.6 is 0 Å². The SMILES string of the molecule is N#Cc1ncccc1CNCCC(N)=O. The number of nitrogens with zero attached hydrogens (tertiary/aromatic N) is 2. The van der Waals surface area contributed by atoms with E-state index in [4.69, 9.17) is 11.0 Å². The molecule has 0 unspecified atom stereocenters. The van der Waals surface area contributed by atoms with E-state index >= 15 is 0 Å². The molecule has 1 aromatic rings. The van der Waals surface area contributed by atoms with Crippen molar-refractivity contribution in [1.29, 1.82) is 5.26 Å². The molecule has 0 aliphatic heterocycles. The molecule has 1 amide bonds. The fourth-order valence-electron chi connectivity index (χ4n) is 1.12. The fraction of sp³-hybridized carbons (Fsp3) is 0.300. The lowest BCUT2D eigenvalue weighted by Crippen LogP contribution is -2.22. The highest BCUT2D eigenvalue weighted by Gasteiger charge is 2.01. The van der Waals surface area contributed by atoms with Gasteiger partial charge in [-0.05, 0) is 6.07 Å². The maximum atomic E-state index is 10.5. The highest BCUT2D eigenvalue weighted by Crippen LogP contribution is 2.02. The van der Waals surface area contributed by atoms with Gasteiger partial charge in [0.2, 0.25) is 5.91 Å². The second-order valence-electron chi connectivity index (χ2n) is 3.02. The molecule has 5 heteroatoms. The number of aromatic nitrogens is 1. The average Bonchev–Trinajstić information content (AvgIpc) is 2.24. The smallest absolute Gasteiger partial charge is 0.218 e. The third-order valence-corrected chi connectivity index (χ3v) is 1.86. The molecule has 1 aromatic heterocycles. The molecule has 3 N–H and O–H groups in total. The van der Waals surface area contributed by atoms with Crippen molar-refractivity contribution in [2.45, 2.75) is 13.0 Å². The largest absolute Gasteiger partial charge is 0.370 e. The molecular formula is C10H12N4O. The number of pyridine rings is 1. The van der Waals surface area contributed by atoms with Gasteiger partial charge in [0.05, 0.1) is 0 Å². The van der Waals surface area contributed by atoms with Crippen molar-refractivity contribution in [2.24, 2.45) is 5.73 Å². The van der Waals surface area contributed by atoms with Gasteiger partial charge in [-0.1, -0.05) is 6.07 Å². The van der Waals surface area contributed by atoms with E-state index in [1.54, 1.807) is 12.3 Å². The lowest BCUT2D eigenvalue weighted by Gasteiger charge is -2.04. The molecule has 5 nitrogen and oxygen atoms in total. The van der Waals surface area contributed by atoms with E-state index in [-0.39, 0.29) is 5.91 Å². The highest BCUT2D eigenvalue weighted by atomic mass is 16.1. The van der Waals surface area contributed by atoms with Crippen LogP contribution in [0.15, 0.2) is 18.3 Å². The third-order valence-electron chi connectivity index (χ3n) is 1.86. The minimum atomic E-state index is -0.339. The minimum Gasteiger partial charge on any atom is -0.370 e. The third kappa shape index (κ3) is 3.75. The molecule has 0 bridgehead atoms. The monoisotopic (exact) mass is 204 g/mol. The predicted octanol–water partition coefficient (Wildman–Crippen LogP) is -0.0817. The van der Waals surface area contributed by atoms with Gasteiger partial charge in [0.15, 0.2) is 0 Å². The number of rotatable bonds is 5. The van der Waals surface area contributed by atoms with Crippen LogP contribution in [0.5, 0.6) is 0 Å². The van der Waals surface area contributed by atoms with Gasteiger partial charge in [-0.3, -0.25) is 4.79 Å². The first-order valence-corrected chi connectivity index (χ1v) is 4.57. The second kappa shape index (κ2) is 5.73. The lowest BCUT2D eigenvalue weighted by molar-refractivity contribution is -0.117. The average molecular weight is 204 g/mol. The maximum Gasteiger partial charge on any atom is 0.218 e. The van der Waals surface area contributed by atoms with Gasteiger partial charge in [0, 0.05) is 31.3 Å². The Hall–Kier alpha value is -1.93. The summed E-state index contributed by atoms with van der Waals surface area (Å²) < 4.78 is 0. The molecule has 0 aromatic carbocycles. The van der Waals surface area contributed by atoms with E-state index in [9.17, 15) is 4.79 Å². The van der Waals surface area contributed by atoms with Gasteiger partial charge in [-0.2, -0.15) is 5.26 Å². The Morgan fingerprint density at radius 1 is 1.67 bits per heavy atom. The Bertz CT molecular complexity index is 383. The fourth-order valence-corrected chi connectivity index (χ4v) is 1.12. The normalized spacial score (nSPS) is 9.53. The molecule has 0 atom stereocenters. The summed E-state index contributed by atoms with van der Waals surface area (Å²) in [6.45, 7) is 1.03. The van der Waals surface area contributed by atoms with E-state index in [2.05, 4.69) is 10.3 Å². The molecule has 0 spiro atoms. The quantitative estimate of drug-likeness (QED) is 0.656. The summed E-state index contributed by atoms with van der Waals surface area (Å²) in [6.07, 6.45) is 1.87. The number of amides is 1. The van der Waals surface area contributed by atoms with Crippen LogP contribution < -0.4 is 11.1 Å². The standard InChI is InChI=1S/C10H12N4O/c11-6-9-8(2-1-4-14-9)7-13-5-3-10(12)15/h1-2,4,13H,3,5,7H2,(H2,12,15). The summed E-state index contributed by atoms with van der Waals surface area (Å²) in [5.74, 6) is -0.339. The van der Waals surface area contributed by atoms with Crippen molar-refractivity contribution in [2.75, 3.05) is 6.54 Å². The molecule has 0 fully saturated rings. The zero-order chi connectivity index (χ0) is 11.1. The molecule has 78 valence electrons. The number of carbonyl (C=O) groups is 1. The number of hydrogen-bond acceptors (Lipinski definition) is 4. The summed E-state index contributed by atoms with van der Waals surface area (Å²) in [4.78, 5) is 14.4. The highest BCUT2D eigenvalue weighted by molar-refractivity contribution is 5.73. The van der Waals surface area contributed by atoms with E-state index in [0.29, 0.717) is 25.2 Å². The van der Waals surface area contributed by atoms with Gasteiger partial charge in [0.25, 0.3) is 0 Å². The van der Waals surface area contributed by atoms with Crippen LogP contribution in [0, 0.1) is 11.3 Å².